The number of ether oxygens (including phenoxy) is 1. The van der Waals surface area contributed by atoms with Crippen molar-refractivity contribution in [2.75, 3.05) is 31.1 Å². The van der Waals surface area contributed by atoms with Crippen LogP contribution < -0.4 is 20.3 Å². The minimum atomic E-state index is -0.739. The van der Waals surface area contributed by atoms with Crippen molar-refractivity contribution in [1.29, 1.82) is 0 Å². The van der Waals surface area contributed by atoms with Crippen LogP contribution in [0.3, 0.4) is 0 Å². The zero-order valence-electron chi connectivity index (χ0n) is 43.3. The number of nitrogens with one attached hydrogen (secondary N) is 2. The second kappa shape index (κ2) is 19.6. The van der Waals surface area contributed by atoms with Gasteiger partial charge in [0.25, 0.3) is 0 Å². The average molecular weight is 1030 g/mol. The number of carbonyl (C=O) groups is 3. The van der Waals surface area contributed by atoms with Gasteiger partial charge in [0, 0.05) is 72.7 Å². The van der Waals surface area contributed by atoms with E-state index in [-0.39, 0.29) is 87.4 Å². The van der Waals surface area contributed by atoms with Gasteiger partial charge in [0.05, 0.1) is 28.6 Å². The Kier molecular flexibility index (Phi) is 12.7. The summed E-state index contributed by atoms with van der Waals surface area (Å²) in [7, 11) is 0. The fraction of sp³-hybridized carbons (Fsp3) is 0.525. The van der Waals surface area contributed by atoms with E-state index in [1.54, 1.807) is 6.20 Å². The number of ketones is 1. The molecule has 1 spiro atoms. The van der Waals surface area contributed by atoms with E-state index in [0.717, 1.165) is 101 Å². The molecule has 3 aliphatic carbocycles. The lowest BCUT2D eigenvalue weighted by atomic mass is 9.56. The molecule has 394 valence electrons. The number of carbonyl (C=O) groups excluding carboxylic acids is 3. The predicted octanol–water partition coefficient (Wildman–Crippen LogP) is 9.78. The Hall–Kier alpha value is -6.37. The van der Waals surface area contributed by atoms with E-state index in [1.807, 2.05) is 0 Å². The Bertz CT molecular complexity index is 3240. The van der Waals surface area contributed by atoms with Gasteiger partial charge in [-0.25, -0.2) is 8.78 Å². The number of Topliss-reactive ketones (excluding diaryl/α,β-unsaturated/α-hetero) is 1. The number of hydrogen-bond acceptors (Lipinski definition) is 12. The number of rotatable bonds is 10. The lowest BCUT2D eigenvalue weighted by Crippen LogP contribution is -2.54. The number of anilines is 1. The second-order valence-corrected chi connectivity index (χ2v) is 23.8. The van der Waals surface area contributed by atoms with Crippen LogP contribution in [0, 0.1) is 47.1 Å². The molecule has 5 aromatic rings. The van der Waals surface area contributed by atoms with Gasteiger partial charge in [-0.1, -0.05) is 30.2 Å². The van der Waals surface area contributed by atoms with Gasteiger partial charge in [0.15, 0.2) is 5.82 Å². The highest BCUT2D eigenvalue weighted by Gasteiger charge is 2.49. The van der Waals surface area contributed by atoms with Crippen LogP contribution in [0.2, 0.25) is 0 Å². The van der Waals surface area contributed by atoms with E-state index < -0.39 is 11.6 Å². The molecule has 8 aliphatic rings. The third-order valence-corrected chi connectivity index (χ3v) is 19.2. The number of pyridine rings is 1. The molecule has 3 aromatic carbocycles. The summed E-state index contributed by atoms with van der Waals surface area (Å²) in [4.78, 5) is 62.4. The summed E-state index contributed by atoms with van der Waals surface area (Å²) >= 11 is 0. The van der Waals surface area contributed by atoms with Gasteiger partial charge >= 0.3 is 6.01 Å². The number of aromatic hydroxyl groups is 1. The smallest absolute Gasteiger partial charge is 0.319 e. The first-order chi connectivity index (χ1) is 36.9. The molecule has 2 bridgehead atoms. The molecular weight excluding hydrogens is 963 g/mol. The molecule has 76 heavy (non-hydrogen) atoms. The number of phenolic OH excluding ortho intramolecular Hbond substituents is 1. The molecular formula is C61H66F2N8O5. The number of terminal acetylenes is 1. The number of aliphatic imine (C=N–C) groups is 1. The summed E-state index contributed by atoms with van der Waals surface area (Å²) in [5.74, 6) is 2.04. The summed E-state index contributed by atoms with van der Waals surface area (Å²) in [6, 6.07) is 13.6. The van der Waals surface area contributed by atoms with Gasteiger partial charge in [-0.05, 0) is 168 Å². The van der Waals surface area contributed by atoms with E-state index in [2.05, 4.69) is 56.5 Å². The number of halogens is 2. The number of nitrogens with zero attached hydrogens (tertiary/aromatic N) is 6. The van der Waals surface area contributed by atoms with Crippen molar-refractivity contribution in [3.63, 3.8) is 0 Å². The van der Waals surface area contributed by atoms with Gasteiger partial charge in [-0.3, -0.25) is 29.7 Å². The fourth-order valence-corrected chi connectivity index (χ4v) is 15.0. The number of hydrogen-bond donors (Lipinski definition) is 3. The second-order valence-electron chi connectivity index (χ2n) is 23.8. The maximum atomic E-state index is 17.2. The van der Waals surface area contributed by atoms with Crippen molar-refractivity contribution in [2.24, 2.45) is 28.2 Å². The first-order valence-corrected chi connectivity index (χ1v) is 28.1. The van der Waals surface area contributed by atoms with Crippen LogP contribution >= 0.6 is 0 Å². The van der Waals surface area contributed by atoms with Crippen LogP contribution in [0.15, 0.2) is 53.7 Å². The van der Waals surface area contributed by atoms with E-state index in [4.69, 9.17) is 26.1 Å². The highest BCUT2D eigenvalue weighted by Crippen LogP contribution is 2.55. The van der Waals surface area contributed by atoms with Crippen molar-refractivity contribution in [2.45, 2.75) is 152 Å². The lowest BCUT2D eigenvalue weighted by Gasteiger charge is -2.56. The fourth-order valence-electron chi connectivity index (χ4n) is 15.0. The summed E-state index contributed by atoms with van der Waals surface area (Å²) in [6.07, 6.45) is 22.9. The molecule has 4 unspecified atom stereocenters. The van der Waals surface area contributed by atoms with Crippen LogP contribution in [0.5, 0.6) is 11.8 Å². The SMILES string of the molecule is C#Cc1c(F)ccc2cc(O)cc(-c3ncc4c(N5CC6CCC(C5)N6)nc(OC5CCC(CC(=O)C6CCC7(CC6)CC(N6CCC(c8ccc9c(c8)C(C)N=C9C8CCC(=O)NC8=O)CC6)C7)CC5)nc4c3F)c12. The largest absolute Gasteiger partial charge is 0.508 e. The normalized spacial score (nSPS) is 29.8. The number of likely N-dealkylation sites (tertiary alicyclic amines) is 1. The molecule has 4 atom stereocenters. The third-order valence-electron chi connectivity index (χ3n) is 19.2. The van der Waals surface area contributed by atoms with E-state index in [9.17, 15) is 19.5 Å². The minimum absolute atomic E-state index is 0.00704. The minimum Gasteiger partial charge on any atom is -0.508 e. The molecule has 0 radical (unpaired) electrons. The zero-order chi connectivity index (χ0) is 52.0. The van der Waals surface area contributed by atoms with Gasteiger partial charge in [0.2, 0.25) is 11.8 Å². The Balaban J connectivity index is 0.608. The maximum absolute atomic E-state index is 17.2. The first-order valence-electron chi connectivity index (χ1n) is 28.1. The Morgan fingerprint density at radius 2 is 1.67 bits per heavy atom. The van der Waals surface area contributed by atoms with E-state index >= 15 is 8.78 Å². The molecule has 3 saturated carbocycles. The number of phenols is 1. The monoisotopic (exact) mass is 1030 g/mol. The molecule has 13 rings (SSSR count). The molecule has 3 N–H and O–H groups in total. The first kappa shape index (κ1) is 49.2. The van der Waals surface area contributed by atoms with Crippen LogP contribution in [0.25, 0.3) is 32.9 Å². The van der Waals surface area contributed by atoms with E-state index in [1.165, 1.54) is 48.2 Å². The average Bonchev–Trinajstić information content (AvgIpc) is 4.03. The number of fused-ring (bicyclic) bond motifs is 5. The lowest BCUT2D eigenvalue weighted by molar-refractivity contribution is -0.134. The third kappa shape index (κ3) is 9.00. The van der Waals surface area contributed by atoms with Crippen molar-refractivity contribution < 1.29 is 33.0 Å². The van der Waals surface area contributed by atoms with Crippen LogP contribution in [-0.2, 0) is 14.4 Å². The molecule has 5 aliphatic heterocycles. The highest BCUT2D eigenvalue weighted by atomic mass is 19.1. The van der Waals surface area contributed by atoms with Crippen molar-refractivity contribution in [3.8, 4) is 35.4 Å². The van der Waals surface area contributed by atoms with Crippen molar-refractivity contribution in [3.05, 3.63) is 82.5 Å². The highest BCUT2D eigenvalue weighted by molar-refractivity contribution is 6.18. The Labute approximate surface area is 442 Å². The van der Waals surface area contributed by atoms with Crippen LogP contribution in [0.1, 0.15) is 150 Å². The van der Waals surface area contributed by atoms with Gasteiger partial charge < -0.3 is 25.0 Å². The summed E-state index contributed by atoms with van der Waals surface area (Å²) in [6.45, 7) is 5.71. The van der Waals surface area contributed by atoms with Crippen molar-refractivity contribution in [1.82, 2.24) is 30.5 Å². The molecule has 15 heteroatoms. The summed E-state index contributed by atoms with van der Waals surface area (Å²) in [5.41, 5.74) is 4.88. The zero-order valence-corrected chi connectivity index (χ0v) is 43.3. The topological polar surface area (TPSA) is 162 Å². The maximum Gasteiger partial charge on any atom is 0.319 e. The Morgan fingerprint density at radius 3 is 2.41 bits per heavy atom. The summed E-state index contributed by atoms with van der Waals surface area (Å²) in [5, 5.41) is 18.0. The number of piperazine rings is 1. The number of aromatic nitrogens is 3. The van der Waals surface area contributed by atoms with Gasteiger partial charge in [-0.2, -0.15) is 9.97 Å². The van der Waals surface area contributed by atoms with Gasteiger partial charge in [0.1, 0.15) is 40.5 Å². The number of amides is 2. The van der Waals surface area contributed by atoms with Crippen molar-refractivity contribution >= 4 is 50.8 Å². The molecule has 7 fully saturated rings. The number of benzene rings is 3. The van der Waals surface area contributed by atoms with Gasteiger partial charge in [-0.15, -0.1) is 6.42 Å². The standard InChI is InChI=1S/C61H66F2N8O5/c1-3-44-50(62)14-7-38-25-42(72)27-48(53(38)44)56-54(63)57-49(30-64-56)58(71-31-39-8-9-40(32-71)66-39)69-60(68-57)76-43-10-4-34(5-11-43)24-51(73)36-16-20-61(21-17-36)28-41(29-61)70-22-18-35(19-23-70)37-6-12-45-47(26-37)33(2)65-55(45)46-13-15-52(74)67-59(46)75/h1,6-7,12,14,25-27,30,33-36,39-41,43,46,66,72H,4-5,8-11,13,15-24,28-29,31-32H2,2H3,(H,67,74,75). The predicted molar refractivity (Wildman–Crippen MR) is 286 cm³/mol. The molecule has 13 nitrogen and oxygen atoms in total. The molecule has 2 amide bonds. The number of piperidine rings is 2. The Morgan fingerprint density at radius 1 is 0.908 bits per heavy atom. The van der Waals surface area contributed by atoms with Crippen LogP contribution in [-0.4, -0.2) is 98.7 Å². The number of imide groups is 1. The molecule has 2 aromatic heterocycles. The van der Waals surface area contributed by atoms with Crippen LogP contribution in [0.4, 0.5) is 14.6 Å². The molecule has 4 saturated heterocycles. The summed E-state index contributed by atoms with van der Waals surface area (Å²) < 4.78 is 38.8. The quantitative estimate of drug-likeness (QED) is 0.0902. The van der Waals surface area contributed by atoms with E-state index in [0.29, 0.717) is 78.0 Å². The molecule has 7 heterocycles.